The predicted octanol–water partition coefficient (Wildman–Crippen LogP) is 0.354. The van der Waals surface area contributed by atoms with Crippen LogP contribution in [0.2, 0.25) is 0 Å². The van der Waals surface area contributed by atoms with E-state index >= 15 is 0 Å². The molecule has 1 fully saturated rings. The summed E-state index contributed by atoms with van der Waals surface area (Å²) in [6.07, 6.45) is 1.95. The number of aliphatic hydroxyl groups is 1. The molecule has 0 spiro atoms. The van der Waals surface area contributed by atoms with Crippen LogP contribution in [-0.2, 0) is 19.0 Å². The molecule has 0 saturated carbocycles. The number of hydrogen-bond acceptors (Lipinski definition) is 5. The Morgan fingerprint density at radius 1 is 1.50 bits per heavy atom. The average molecular weight is 232 g/mol. The van der Waals surface area contributed by atoms with Crippen LogP contribution in [0.1, 0.15) is 19.8 Å². The van der Waals surface area contributed by atoms with Crippen LogP contribution < -0.4 is 0 Å². The largest absolute Gasteiger partial charge is 0.467 e. The second kappa shape index (κ2) is 6.18. The Morgan fingerprint density at radius 2 is 2.12 bits per heavy atom. The Balaban J connectivity index is 2.20. The lowest BCUT2D eigenvalue weighted by molar-refractivity contribution is -0.167. The van der Waals surface area contributed by atoms with Crippen molar-refractivity contribution >= 4 is 5.97 Å². The number of esters is 1. The van der Waals surface area contributed by atoms with Crippen LogP contribution >= 0.6 is 0 Å². The molecule has 0 aromatic heterocycles. The van der Waals surface area contributed by atoms with Crippen LogP contribution in [0.3, 0.4) is 0 Å². The molecular weight excluding hydrogens is 212 g/mol. The van der Waals surface area contributed by atoms with E-state index in [2.05, 4.69) is 4.74 Å². The zero-order valence-electron chi connectivity index (χ0n) is 9.90. The van der Waals surface area contributed by atoms with E-state index in [1.807, 2.05) is 0 Å². The fraction of sp³-hybridized carbons (Fsp3) is 0.909. The van der Waals surface area contributed by atoms with E-state index in [1.165, 1.54) is 14.0 Å². The molecule has 0 aromatic rings. The molecule has 1 heterocycles. The summed E-state index contributed by atoms with van der Waals surface area (Å²) >= 11 is 0. The van der Waals surface area contributed by atoms with Gasteiger partial charge < -0.3 is 19.3 Å². The molecule has 1 N–H and O–H groups in total. The summed E-state index contributed by atoms with van der Waals surface area (Å²) in [5.74, 6) is -0.207. The van der Waals surface area contributed by atoms with E-state index in [0.717, 1.165) is 26.1 Å². The minimum atomic E-state index is -1.56. The highest BCUT2D eigenvalue weighted by molar-refractivity contribution is 5.78. The van der Waals surface area contributed by atoms with Gasteiger partial charge in [0, 0.05) is 19.8 Å². The van der Waals surface area contributed by atoms with Gasteiger partial charge in [0.1, 0.15) is 0 Å². The van der Waals surface area contributed by atoms with Crippen molar-refractivity contribution in [2.45, 2.75) is 25.4 Å². The topological polar surface area (TPSA) is 65.0 Å². The third kappa shape index (κ3) is 4.08. The zero-order valence-corrected chi connectivity index (χ0v) is 9.90. The van der Waals surface area contributed by atoms with Gasteiger partial charge in [-0.25, -0.2) is 4.79 Å². The second-order valence-corrected chi connectivity index (χ2v) is 4.34. The lowest BCUT2D eigenvalue weighted by Gasteiger charge is -2.24. The van der Waals surface area contributed by atoms with Gasteiger partial charge in [0.05, 0.1) is 13.7 Å². The molecule has 1 rings (SSSR count). The number of ether oxygens (including phenoxy) is 3. The first-order chi connectivity index (χ1) is 7.56. The first-order valence-corrected chi connectivity index (χ1v) is 5.52. The minimum absolute atomic E-state index is 0.0307. The van der Waals surface area contributed by atoms with Crippen molar-refractivity contribution in [2.24, 2.45) is 5.92 Å². The first-order valence-electron chi connectivity index (χ1n) is 5.52. The molecule has 0 bridgehead atoms. The van der Waals surface area contributed by atoms with E-state index in [9.17, 15) is 9.90 Å². The third-order valence-corrected chi connectivity index (χ3v) is 2.70. The van der Waals surface area contributed by atoms with E-state index in [-0.39, 0.29) is 6.61 Å². The van der Waals surface area contributed by atoms with Crippen molar-refractivity contribution in [3.05, 3.63) is 0 Å². The van der Waals surface area contributed by atoms with E-state index < -0.39 is 11.6 Å². The Kier molecular flexibility index (Phi) is 5.18. The van der Waals surface area contributed by atoms with Crippen LogP contribution in [0, 0.1) is 5.92 Å². The van der Waals surface area contributed by atoms with Crippen LogP contribution in [0.5, 0.6) is 0 Å². The Bertz CT molecular complexity index is 220. The summed E-state index contributed by atoms with van der Waals surface area (Å²) in [6, 6.07) is 0. The standard InChI is InChI=1S/C11H20O5/c1-11(13,10(12)14-2)8-16-7-9-3-5-15-6-4-9/h9,13H,3-8H2,1-2H3. The fourth-order valence-corrected chi connectivity index (χ4v) is 1.62. The maximum atomic E-state index is 11.1. The number of hydrogen-bond donors (Lipinski definition) is 1. The van der Waals surface area contributed by atoms with Gasteiger partial charge in [0.15, 0.2) is 5.60 Å². The lowest BCUT2D eigenvalue weighted by atomic mass is 10.0. The van der Waals surface area contributed by atoms with Crippen molar-refractivity contribution in [3.63, 3.8) is 0 Å². The molecule has 1 aliphatic rings. The molecule has 0 radical (unpaired) electrons. The normalized spacial score (nSPS) is 21.4. The molecule has 0 aliphatic carbocycles. The maximum Gasteiger partial charge on any atom is 0.339 e. The lowest BCUT2D eigenvalue weighted by Crippen LogP contribution is -2.41. The van der Waals surface area contributed by atoms with Crippen LogP contribution in [0.4, 0.5) is 0 Å². The molecule has 1 atom stereocenters. The van der Waals surface area contributed by atoms with Crippen LogP contribution in [-0.4, -0.2) is 50.2 Å². The van der Waals surface area contributed by atoms with Gasteiger partial charge in [-0.2, -0.15) is 0 Å². The SMILES string of the molecule is COC(=O)C(C)(O)COCC1CCOCC1. The molecular formula is C11H20O5. The summed E-state index contributed by atoms with van der Waals surface area (Å²) in [4.78, 5) is 11.1. The molecule has 5 nitrogen and oxygen atoms in total. The highest BCUT2D eigenvalue weighted by atomic mass is 16.6. The highest BCUT2D eigenvalue weighted by Crippen LogP contribution is 2.16. The molecule has 1 unspecified atom stereocenters. The van der Waals surface area contributed by atoms with E-state index in [0.29, 0.717) is 12.5 Å². The Hall–Kier alpha value is -0.650. The number of rotatable bonds is 5. The quantitative estimate of drug-likeness (QED) is 0.693. The zero-order chi connectivity index (χ0) is 12.0. The monoisotopic (exact) mass is 232 g/mol. The summed E-state index contributed by atoms with van der Waals surface area (Å²) in [5.41, 5.74) is -1.56. The van der Waals surface area contributed by atoms with Crippen molar-refractivity contribution in [2.75, 3.05) is 33.5 Å². The van der Waals surface area contributed by atoms with Gasteiger partial charge >= 0.3 is 5.97 Å². The maximum absolute atomic E-state index is 11.1. The van der Waals surface area contributed by atoms with Gasteiger partial charge in [0.25, 0.3) is 0 Å². The summed E-state index contributed by atoms with van der Waals surface area (Å²) in [7, 11) is 1.25. The number of methoxy groups -OCH3 is 1. The predicted molar refractivity (Wildman–Crippen MR) is 57.0 cm³/mol. The Morgan fingerprint density at radius 3 is 2.69 bits per heavy atom. The fourth-order valence-electron chi connectivity index (χ4n) is 1.62. The molecule has 5 heteroatoms. The van der Waals surface area contributed by atoms with Crippen molar-refractivity contribution in [3.8, 4) is 0 Å². The van der Waals surface area contributed by atoms with Crippen molar-refractivity contribution in [1.29, 1.82) is 0 Å². The summed E-state index contributed by atoms with van der Waals surface area (Å²) in [5, 5.41) is 9.69. The van der Waals surface area contributed by atoms with Crippen LogP contribution in [0.25, 0.3) is 0 Å². The van der Waals surface area contributed by atoms with E-state index in [1.54, 1.807) is 0 Å². The van der Waals surface area contributed by atoms with Gasteiger partial charge in [-0.15, -0.1) is 0 Å². The molecule has 16 heavy (non-hydrogen) atoms. The average Bonchev–Trinajstić information content (AvgIpc) is 2.29. The molecule has 0 aromatic carbocycles. The molecule has 1 saturated heterocycles. The third-order valence-electron chi connectivity index (χ3n) is 2.70. The van der Waals surface area contributed by atoms with Gasteiger partial charge in [0.2, 0.25) is 0 Å². The van der Waals surface area contributed by atoms with Crippen molar-refractivity contribution in [1.82, 2.24) is 0 Å². The Labute approximate surface area is 95.7 Å². The molecule has 0 amide bonds. The highest BCUT2D eigenvalue weighted by Gasteiger charge is 2.32. The summed E-state index contributed by atoms with van der Waals surface area (Å²) in [6.45, 7) is 3.44. The van der Waals surface area contributed by atoms with Crippen molar-refractivity contribution < 1.29 is 24.1 Å². The molecule has 94 valence electrons. The number of carbonyl (C=O) groups is 1. The minimum Gasteiger partial charge on any atom is -0.467 e. The van der Waals surface area contributed by atoms with E-state index in [4.69, 9.17) is 9.47 Å². The van der Waals surface area contributed by atoms with Gasteiger partial charge in [-0.3, -0.25) is 0 Å². The second-order valence-electron chi connectivity index (χ2n) is 4.34. The summed E-state index contributed by atoms with van der Waals surface area (Å²) < 4.78 is 15.0. The number of carbonyl (C=O) groups excluding carboxylic acids is 1. The van der Waals surface area contributed by atoms with Gasteiger partial charge in [-0.05, 0) is 25.7 Å². The van der Waals surface area contributed by atoms with Gasteiger partial charge in [-0.1, -0.05) is 0 Å². The first kappa shape index (κ1) is 13.4. The van der Waals surface area contributed by atoms with Crippen LogP contribution in [0.15, 0.2) is 0 Å². The smallest absolute Gasteiger partial charge is 0.339 e. The molecule has 1 aliphatic heterocycles.